The van der Waals surface area contributed by atoms with Gasteiger partial charge < -0.3 is 10.2 Å². The molecule has 21 heavy (non-hydrogen) atoms. The van der Waals surface area contributed by atoms with Crippen LogP contribution in [0.15, 0.2) is 0 Å². The smallest absolute Gasteiger partial charge is 0.228 e. The highest BCUT2D eigenvalue weighted by Crippen LogP contribution is 2.27. The van der Waals surface area contributed by atoms with Gasteiger partial charge in [-0.05, 0) is 37.6 Å². The maximum atomic E-state index is 12.6. The number of carbonyl (C=O) groups excluding carboxylic acids is 1. The summed E-state index contributed by atoms with van der Waals surface area (Å²) >= 11 is 0. The third-order valence-electron chi connectivity index (χ3n) is 5.21. The number of hydrogen-bond acceptors (Lipinski definition) is 2. The quantitative estimate of drug-likeness (QED) is 0.861. The fraction of sp³-hybridized carbons (Fsp3) is 0.944. The van der Waals surface area contributed by atoms with Crippen molar-refractivity contribution in [3.05, 3.63) is 0 Å². The van der Waals surface area contributed by atoms with E-state index in [0.717, 1.165) is 25.6 Å². The van der Waals surface area contributed by atoms with Crippen molar-refractivity contribution in [1.29, 1.82) is 0 Å². The van der Waals surface area contributed by atoms with Crippen molar-refractivity contribution < 1.29 is 4.79 Å². The number of nitrogens with one attached hydrogen (secondary N) is 1. The standard InChI is InChI=1S/C18H34N2O/c1-5-14-10-16(19-11-15-8-6-7-9-15)13-20(12-14)17(21)18(2,3)4/h14-16,19H,5-13H2,1-4H3. The molecule has 1 amide bonds. The lowest BCUT2D eigenvalue weighted by atomic mass is 9.88. The first-order chi connectivity index (χ1) is 9.90. The van der Waals surface area contributed by atoms with Crippen LogP contribution in [0.25, 0.3) is 0 Å². The molecule has 0 aromatic carbocycles. The van der Waals surface area contributed by atoms with E-state index in [1.165, 1.54) is 38.5 Å². The van der Waals surface area contributed by atoms with Gasteiger partial charge in [0.05, 0.1) is 0 Å². The number of likely N-dealkylation sites (tertiary alicyclic amines) is 1. The van der Waals surface area contributed by atoms with Crippen LogP contribution in [0.5, 0.6) is 0 Å². The Morgan fingerprint density at radius 1 is 1.14 bits per heavy atom. The molecule has 3 heteroatoms. The minimum absolute atomic E-state index is 0.258. The van der Waals surface area contributed by atoms with Gasteiger partial charge in [0.15, 0.2) is 0 Å². The van der Waals surface area contributed by atoms with E-state index in [4.69, 9.17) is 0 Å². The van der Waals surface area contributed by atoms with Gasteiger partial charge in [-0.1, -0.05) is 47.0 Å². The highest BCUT2D eigenvalue weighted by atomic mass is 16.2. The minimum atomic E-state index is -0.258. The number of piperidine rings is 1. The van der Waals surface area contributed by atoms with Crippen LogP contribution in [0.2, 0.25) is 0 Å². The maximum Gasteiger partial charge on any atom is 0.228 e. The van der Waals surface area contributed by atoms with Crippen LogP contribution in [-0.2, 0) is 4.79 Å². The summed E-state index contributed by atoms with van der Waals surface area (Å²) in [5.41, 5.74) is -0.258. The summed E-state index contributed by atoms with van der Waals surface area (Å²) in [6, 6.07) is 0.496. The highest BCUT2D eigenvalue weighted by Gasteiger charge is 2.34. The van der Waals surface area contributed by atoms with Gasteiger partial charge in [0.1, 0.15) is 0 Å². The van der Waals surface area contributed by atoms with Crippen molar-refractivity contribution in [3.63, 3.8) is 0 Å². The van der Waals surface area contributed by atoms with Crippen molar-refractivity contribution in [2.45, 2.75) is 72.3 Å². The van der Waals surface area contributed by atoms with Crippen LogP contribution in [0.4, 0.5) is 0 Å². The fourth-order valence-electron chi connectivity index (χ4n) is 3.84. The summed E-state index contributed by atoms with van der Waals surface area (Å²) in [4.78, 5) is 14.7. The van der Waals surface area contributed by atoms with Crippen molar-refractivity contribution >= 4 is 5.91 Å². The molecule has 2 rings (SSSR count). The molecule has 2 unspecified atom stereocenters. The van der Waals surface area contributed by atoms with Crippen molar-refractivity contribution in [2.75, 3.05) is 19.6 Å². The van der Waals surface area contributed by atoms with E-state index in [0.29, 0.717) is 17.9 Å². The van der Waals surface area contributed by atoms with Gasteiger partial charge in [-0.3, -0.25) is 4.79 Å². The zero-order valence-electron chi connectivity index (χ0n) is 14.5. The van der Waals surface area contributed by atoms with Crippen LogP contribution in [0.1, 0.15) is 66.2 Å². The van der Waals surface area contributed by atoms with Gasteiger partial charge in [0.25, 0.3) is 0 Å². The summed E-state index contributed by atoms with van der Waals surface area (Å²) < 4.78 is 0. The maximum absolute atomic E-state index is 12.6. The van der Waals surface area contributed by atoms with Crippen LogP contribution in [0, 0.1) is 17.3 Å². The van der Waals surface area contributed by atoms with Gasteiger partial charge in [0.2, 0.25) is 5.91 Å². The van der Waals surface area contributed by atoms with Gasteiger partial charge in [-0.25, -0.2) is 0 Å². The summed E-state index contributed by atoms with van der Waals surface area (Å²) in [5, 5.41) is 3.77. The molecule has 2 fully saturated rings. The van der Waals surface area contributed by atoms with Crippen molar-refractivity contribution in [3.8, 4) is 0 Å². The second kappa shape index (κ2) is 7.13. The monoisotopic (exact) mass is 294 g/mol. The SMILES string of the molecule is CCC1CC(NCC2CCCC2)CN(C(=O)C(C)(C)C)C1. The predicted molar refractivity (Wildman–Crippen MR) is 88.2 cm³/mol. The second-order valence-corrected chi connectivity index (χ2v) is 8.23. The molecule has 0 bridgehead atoms. The number of rotatable bonds is 4. The fourth-order valence-corrected chi connectivity index (χ4v) is 3.84. The molecule has 1 saturated carbocycles. The number of carbonyl (C=O) groups is 1. The van der Waals surface area contributed by atoms with E-state index in [-0.39, 0.29) is 5.41 Å². The molecule has 2 atom stereocenters. The Morgan fingerprint density at radius 2 is 1.81 bits per heavy atom. The largest absolute Gasteiger partial charge is 0.340 e. The topological polar surface area (TPSA) is 32.3 Å². The van der Waals surface area contributed by atoms with Crippen LogP contribution < -0.4 is 5.32 Å². The van der Waals surface area contributed by atoms with Gasteiger partial charge >= 0.3 is 0 Å². The first-order valence-corrected chi connectivity index (χ1v) is 8.93. The molecular weight excluding hydrogens is 260 g/mol. The average molecular weight is 294 g/mol. The summed E-state index contributed by atoms with van der Waals surface area (Å²) in [6.45, 7) is 11.4. The molecule has 2 aliphatic rings. The number of nitrogens with zero attached hydrogens (tertiary/aromatic N) is 1. The number of amides is 1. The molecule has 1 aliphatic carbocycles. The molecule has 0 aromatic rings. The summed E-state index contributed by atoms with van der Waals surface area (Å²) in [7, 11) is 0. The second-order valence-electron chi connectivity index (χ2n) is 8.23. The van der Waals surface area contributed by atoms with E-state index < -0.39 is 0 Å². The predicted octanol–water partition coefficient (Wildman–Crippen LogP) is 3.44. The van der Waals surface area contributed by atoms with E-state index in [9.17, 15) is 4.79 Å². The molecule has 0 spiro atoms. The molecule has 3 nitrogen and oxygen atoms in total. The Balaban J connectivity index is 1.90. The lowest BCUT2D eigenvalue weighted by Crippen LogP contribution is -2.54. The Morgan fingerprint density at radius 3 is 2.38 bits per heavy atom. The molecule has 1 aliphatic heterocycles. The third kappa shape index (κ3) is 4.70. The molecule has 0 radical (unpaired) electrons. The first kappa shape index (κ1) is 16.8. The van der Waals surface area contributed by atoms with Crippen molar-refractivity contribution in [1.82, 2.24) is 10.2 Å². The third-order valence-corrected chi connectivity index (χ3v) is 5.21. The van der Waals surface area contributed by atoms with E-state index >= 15 is 0 Å². The molecular formula is C18H34N2O. The molecule has 0 aromatic heterocycles. The Kier molecular flexibility index (Phi) is 5.70. The zero-order valence-corrected chi connectivity index (χ0v) is 14.5. The molecule has 1 saturated heterocycles. The highest BCUT2D eigenvalue weighted by molar-refractivity contribution is 5.81. The van der Waals surface area contributed by atoms with Gasteiger partial charge in [-0.15, -0.1) is 0 Å². The molecule has 122 valence electrons. The van der Waals surface area contributed by atoms with Crippen LogP contribution >= 0.6 is 0 Å². The zero-order chi connectivity index (χ0) is 15.5. The van der Waals surface area contributed by atoms with Crippen molar-refractivity contribution in [2.24, 2.45) is 17.3 Å². The first-order valence-electron chi connectivity index (χ1n) is 8.93. The van der Waals surface area contributed by atoms with E-state index in [1.54, 1.807) is 0 Å². The molecule has 1 heterocycles. The lowest BCUT2D eigenvalue weighted by molar-refractivity contribution is -0.142. The molecule has 1 N–H and O–H groups in total. The Labute approximate surface area is 130 Å². The minimum Gasteiger partial charge on any atom is -0.340 e. The normalized spacial score (nSPS) is 28.1. The van der Waals surface area contributed by atoms with E-state index in [2.05, 4.69) is 17.1 Å². The van der Waals surface area contributed by atoms with E-state index in [1.807, 2.05) is 20.8 Å². The summed E-state index contributed by atoms with van der Waals surface area (Å²) in [6.07, 6.45) is 8.00. The lowest BCUT2D eigenvalue weighted by Gasteiger charge is -2.41. The summed E-state index contributed by atoms with van der Waals surface area (Å²) in [5.74, 6) is 1.85. The Bertz CT molecular complexity index is 342. The van der Waals surface area contributed by atoms with Gasteiger partial charge in [0, 0.05) is 24.5 Å². The van der Waals surface area contributed by atoms with Crippen LogP contribution in [-0.4, -0.2) is 36.5 Å². The number of hydrogen-bond donors (Lipinski definition) is 1. The van der Waals surface area contributed by atoms with Gasteiger partial charge in [-0.2, -0.15) is 0 Å². The average Bonchev–Trinajstić information content (AvgIpc) is 2.96. The Hall–Kier alpha value is -0.570. The van der Waals surface area contributed by atoms with Crippen LogP contribution in [0.3, 0.4) is 0 Å².